The van der Waals surface area contributed by atoms with Gasteiger partial charge in [-0.25, -0.2) is 4.79 Å². The van der Waals surface area contributed by atoms with Gasteiger partial charge in [0.1, 0.15) is 22.8 Å². The predicted molar refractivity (Wildman–Crippen MR) is 111 cm³/mol. The van der Waals surface area contributed by atoms with Crippen LogP contribution in [0.1, 0.15) is 49.0 Å². The molecule has 0 amide bonds. The number of phenols is 1. The van der Waals surface area contributed by atoms with E-state index in [9.17, 15) is 9.90 Å². The Balaban J connectivity index is 2.02. The van der Waals surface area contributed by atoms with Crippen LogP contribution in [0.15, 0.2) is 54.6 Å². The van der Waals surface area contributed by atoms with Crippen molar-refractivity contribution < 1.29 is 19.4 Å². The van der Waals surface area contributed by atoms with Crippen LogP contribution in [0.5, 0.6) is 17.2 Å². The number of aryl methyl sites for hydroxylation is 1. The molecule has 3 aromatic rings. The second-order valence-corrected chi connectivity index (χ2v) is 6.72. The molecule has 0 saturated carbocycles. The molecular formula is C24H26O4. The quantitative estimate of drug-likeness (QED) is 0.301. The van der Waals surface area contributed by atoms with Crippen LogP contribution in [0.4, 0.5) is 0 Å². The molecule has 146 valence electrons. The average molecular weight is 378 g/mol. The van der Waals surface area contributed by atoms with Gasteiger partial charge in [0.15, 0.2) is 0 Å². The molecule has 0 spiro atoms. The van der Waals surface area contributed by atoms with E-state index < -0.39 is 5.97 Å². The standard InChI is InChI=1S/C24H26O4/c1-3-5-9-15-27-21-16-20(24(26)28-18-12-7-6-8-13-18)23(25)19-14-10-11-17(4-2)22(19)21/h6-8,10-14,16,25H,3-5,9,15H2,1-2H3. The number of unbranched alkanes of at least 4 members (excludes halogenated alkanes) is 2. The number of aromatic hydroxyl groups is 1. The van der Waals surface area contributed by atoms with Crippen LogP contribution < -0.4 is 9.47 Å². The summed E-state index contributed by atoms with van der Waals surface area (Å²) in [6.07, 6.45) is 3.93. The number of fused-ring (bicyclic) bond motifs is 1. The zero-order chi connectivity index (χ0) is 19.9. The van der Waals surface area contributed by atoms with Crippen LogP contribution in [0.25, 0.3) is 10.8 Å². The van der Waals surface area contributed by atoms with Crippen molar-refractivity contribution >= 4 is 16.7 Å². The normalized spacial score (nSPS) is 10.8. The van der Waals surface area contributed by atoms with E-state index in [0.717, 1.165) is 36.6 Å². The van der Waals surface area contributed by atoms with Crippen molar-refractivity contribution in [3.8, 4) is 17.2 Å². The molecule has 0 atom stereocenters. The highest BCUT2D eigenvalue weighted by Gasteiger charge is 2.21. The van der Waals surface area contributed by atoms with Crippen LogP contribution in [-0.2, 0) is 6.42 Å². The third-order valence-electron chi connectivity index (χ3n) is 4.74. The van der Waals surface area contributed by atoms with Gasteiger partial charge >= 0.3 is 5.97 Å². The first kappa shape index (κ1) is 19.7. The van der Waals surface area contributed by atoms with Crippen molar-refractivity contribution in [3.63, 3.8) is 0 Å². The third-order valence-corrected chi connectivity index (χ3v) is 4.74. The van der Waals surface area contributed by atoms with Gasteiger partial charge in [-0.05, 0) is 36.6 Å². The molecule has 0 radical (unpaired) electrons. The van der Waals surface area contributed by atoms with E-state index in [1.165, 1.54) is 0 Å². The second-order valence-electron chi connectivity index (χ2n) is 6.72. The molecule has 0 bridgehead atoms. The van der Waals surface area contributed by atoms with Crippen molar-refractivity contribution in [3.05, 3.63) is 65.7 Å². The van der Waals surface area contributed by atoms with Gasteiger partial charge in [-0.3, -0.25) is 0 Å². The first-order chi connectivity index (χ1) is 13.7. The summed E-state index contributed by atoms with van der Waals surface area (Å²) in [7, 11) is 0. The molecule has 0 fully saturated rings. The lowest BCUT2D eigenvalue weighted by Crippen LogP contribution is -2.10. The molecule has 3 aromatic carbocycles. The van der Waals surface area contributed by atoms with Crippen LogP contribution in [0.2, 0.25) is 0 Å². The number of phenolic OH excluding ortho intramolecular Hbond substituents is 1. The number of hydrogen-bond acceptors (Lipinski definition) is 4. The van der Waals surface area contributed by atoms with Gasteiger partial charge < -0.3 is 14.6 Å². The Morgan fingerprint density at radius 1 is 1.00 bits per heavy atom. The average Bonchev–Trinajstić information content (AvgIpc) is 2.72. The van der Waals surface area contributed by atoms with Gasteiger partial charge in [0.25, 0.3) is 0 Å². The van der Waals surface area contributed by atoms with Crippen molar-refractivity contribution in [1.29, 1.82) is 0 Å². The Hall–Kier alpha value is -3.01. The van der Waals surface area contributed by atoms with Gasteiger partial charge in [-0.2, -0.15) is 0 Å². The molecule has 1 N–H and O–H groups in total. The van der Waals surface area contributed by atoms with E-state index >= 15 is 0 Å². The van der Waals surface area contributed by atoms with Gasteiger partial charge in [0, 0.05) is 10.8 Å². The highest BCUT2D eigenvalue weighted by atomic mass is 16.5. The molecule has 0 aliphatic rings. The number of esters is 1. The minimum atomic E-state index is -0.606. The van der Waals surface area contributed by atoms with E-state index in [1.807, 2.05) is 24.3 Å². The minimum absolute atomic E-state index is 0.0767. The Morgan fingerprint density at radius 3 is 2.50 bits per heavy atom. The Labute approximate surface area is 165 Å². The van der Waals surface area contributed by atoms with Gasteiger partial charge in [0.2, 0.25) is 0 Å². The fourth-order valence-electron chi connectivity index (χ4n) is 3.25. The molecule has 0 heterocycles. The molecule has 4 nitrogen and oxygen atoms in total. The minimum Gasteiger partial charge on any atom is -0.506 e. The van der Waals surface area contributed by atoms with E-state index in [0.29, 0.717) is 23.5 Å². The molecule has 3 rings (SSSR count). The van der Waals surface area contributed by atoms with E-state index in [1.54, 1.807) is 30.3 Å². The molecule has 28 heavy (non-hydrogen) atoms. The molecule has 0 unspecified atom stereocenters. The molecular weight excluding hydrogens is 352 g/mol. The molecule has 0 aliphatic heterocycles. The Morgan fingerprint density at radius 2 is 1.79 bits per heavy atom. The summed E-state index contributed by atoms with van der Waals surface area (Å²) in [5.41, 5.74) is 1.18. The van der Waals surface area contributed by atoms with Crippen molar-refractivity contribution in [2.75, 3.05) is 6.61 Å². The lowest BCUT2D eigenvalue weighted by atomic mass is 9.98. The van der Waals surface area contributed by atoms with Gasteiger partial charge in [0.05, 0.1) is 6.61 Å². The topological polar surface area (TPSA) is 55.8 Å². The Bertz CT molecular complexity index is 948. The van der Waals surface area contributed by atoms with Crippen LogP contribution in [0, 0.1) is 0 Å². The molecule has 0 saturated heterocycles. The molecule has 0 aliphatic carbocycles. The number of carbonyl (C=O) groups is 1. The summed E-state index contributed by atoms with van der Waals surface area (Å²) in [5.74, 6) is 0.360. The fraction of sp³-hybridized carbons (Fsp3) is 0.292. The first-order valence-electron chi connectivity index (χ1n) is 9.83. The summed E-state index contributed by atoms with van der Waals surface area (Å²) in [6, 6.07) is 16.1. The van der Waals surface area contributed by atoms with Gasteiger partial charge in [-0.15, -0.1) is 0 Å². The number of benzene rings is 3. The van der Waals surface area contributed by atoms with Crippen molar-refractivity contribution in [2.45, 2.75) is 39.5 Å². The maximum Gasteiger partial charge on any atom is 0.347 e. The van der Waals surface area contributed by atoms with E-state index in [2.05, 4.69) is 13.8 Å². The van der Waals surface area contributed by atoms with Gasteiger partial charge in [-0.1, -0.05) is 63.1 Å². The summed E-state index contributed by atoms with van der Waals surface area (Å²) in [6.45, 7) is 4.77. The Kier molecular flexibility index (Phi) is 6.53. The number of hydrogen-bond donors (Lipinski definition) is 1. The SMILES string of the molecule is CCCCCOc1cc(C(=O)Oc2ccccc2)c(O)c2cccc(CC)c12. The number of para-hydroxylation sites is 1. The summed E-state index contributed by atoms with van der Waals surface area (Å²) in [4.78, 5) is 12.7. The zero-order valence-electron chi connectivity index (χ0n) is 16.4. The lowest BCUT2D eigenvalue weighted by Gasteiger charge is -2.16. The van der Waals surface area contributed by atoms with Crippen LogP contribution >= 0.6 is 0 Å². The van der Waals surface area contributed by atoms with E-state index in [4.69, 9.17) is 9.47 Å². The van der Waals surface area contributed by atoms with Crippen molar-refractivity contribution in [2.24, 2.45) is 0 Å². The highest BCUT2D eigenvalue weighted by molar-refractivity contribution is 6.05. The first-order valence-corrected chi connectivity index (χ1v) is 9.83. The molecule has 0 aromatic heterocycles. The summed E-state index contributed by atoms with van der Waals surface area (Å²) >= 11 is 0. The predicted octanol–water partition coefficient (Wildman–Crippen LogP) is 5.90. The van der Waals surface area contributed by atoms with Crippen LogP contribution in [0.3, 0.4) is 0 Å². The zero-order valence-corrected chi connectivity index (χ0v) is 16.4. The van der Waals surface area contributed by atoms with Crippen LogP contribution in [-0.4, -0.2) is 17.7 Å². The summed E-state index contributed by atoms with van der Waals surface area (Å²) in [5, 5.41) is 12.3. The second kappa shape index (κ2) is 9.27. The highest BCUT2D eigenvalue weighted by Crippen LogP contribution is 2.39. The lowest BCUT2D eigenvalue weighted by molar-refractivity contribution is 0.0731. The smallest absolute Gasteiger partial charge is 0.347 e. The molecule has 4 heteroatoms. The van der Waals surface area contributed by atoms with E-state index in [-0.39, 0.29) is 11.3 Å². The number of ether oxygens (including phenoxy) is 2. The maximum absolute atomic E-state index is 12.7. The summed E-state index contributed by atoms with van der Waals surface area (Å²) < 4.78 is 11.5. The fourth-order valence-corrected chi connectivity index (χ4v) is 3.25. The monoisotopic (exact) mass is 378 g/mol. The number of carbonyl (C=O) groups excluding carboxylic acids is 1. The number of rotatable bonds is 8. The van der Waals surface area contributed by atoms with Crippen molar-refractivity contribution in [1.82, 2.24) is 0 Å². The third kappa shape index (κ3) is 4.28. The largest absolute Gasteiger partial charge is 0.506 e. The maximum atomic E-state index is 12.7.